The summed E-state index contributed by atoms with van der Waals surface area (Å²) in [6, 6.07) is 5.79. The number of aromatic nitrogens is 2. The van der Waals surface area contributed by atoms with E-state index in [-0.39, 0.29) is 11.6 Å². The van der Waals surface area contributed by atoms with Gasteiger partial charge < -0.3 is 5.32 Å². The van der Waals surface area contributed by atoms with Crippen LogP contribution in [0.15, 0.2) is 41.6 Å². The normalized spacial score (nSPS) is 12.2. The van der Waals surface area contributed by atoms with Crippen LogP contribution in [-0.2, 0) is 6.54 Å². The number of benzene rings is 1. The second-order valence-corrected chi connectivity index (χ2v) is 4.78. The lowest BCUT2D eigenvalue weighted by atomic mass is 10.2. The molecule has 0 aliphatic heterocycles. The molecule has 0 aliphatic rings. The molecule has 100 valence electrons. The van der Waals surface area contributed by atoms with Crippen molar-refractivity contribution in [3.05, 3.63) is 48.0 Å². The van der Waals surface area contributed by atoms with Crippen LogP contribution < -0.4 is 5.32 Å². The van der Waals surface area contributed by atoms with Gasteiger partial charge in [-0.05, 0) is 31.2 Å². The summed E-state index contributed by atoms with van der Waals surface area (Å²) in [7, 11) is 0. The summed E-state index contributed by atoms with van der Waals surface area (Å²) in [5, 5.41) is 6.78. The molecule has 0 saturated heterocycles. The first-order chi connectivity index (χ1) is 9.06. The average molecular weight is 279 g/mol. The predicted octanol–water partition coefficient (Wildman–Crippen LogP) is 2.13. The fourth-order valence-corrected chi connectivity index (χ4v) is 1.93. The third-order valence-corrected chi connectivity index (χ3v) is 2.87. The van der Waals surface area contributed by atoms with Gasteiger partial charge in [0.15, 0.2) is 0 Å². The van der Waals surface area contributed by atoms with Gasteiger partial charge in [0, 0.05) is 23.3 Å². The van der Waals surface area contributed by atoms with Crippen molar-refractivity contribution in [1.29, 1.82) is 0 Å². The van der Waals surface area contributed by atoms with E-state index in [0.29, 0.717) is 11.4 Å². The molecule has 1 heterocycles. The Balaban J connectivity index is 2.02. The van der Waals surface area contributed by atoms with E-state index in [9.17, 15) is 9.18 Å². The number of amides is 1. The lowest BCUT2D eigenvalue weighted by Crippen LogP contribution is -2.36. The molecule has 0 aliphatic carbocycles. The van der Waals surface area contributed by atoms with E-state index in [4.69, 9.17) is 0 Å². The van der Waals surface area contributed by atoms with Crippen molar-refractivity contribution < 1.29 is 9.18 Å². The minimum absolute atomic E-state index is 0.000171. The number of carbonyl (C=O) groups excluding carboxylic acids is 1. The second-order valence-electron chi connectivity index (χ2n) is 4.27. The first kappa shape index (κ1) is 13.6. The van der Waals surface area contributed by atoms with Crippen LogP contribution in [0.2, 0.25) is 0 Å². The van der Waals surface area contributed by atoms with Gasteiger partial charge in [0.2, 0.25) is 0 Å². The van der Waals surface area contributed by atoms with Gasteiger partial charge in [0.05, 0.1) is 12.1 Å². The van der Waals surface area contributed by atoms with Gasteiger partial charge in [-0.1, -0.05) is 0 Å². The second kappa shape index (κ2) is 5.88. The van der Waals surface area contributed by atoms with Gasteiger partial charge >= 0.3 is 0 Å². The van der Waals surface area contributed by atoms with Crippen LogP contribution in [0, 0.1) is 5.82 Å². The van der Waals surface area contributed by atoms with Crippen LogP contribution in [0.4, 0.5) is 4.39 Å². The summed E-state index contributed by atoms with van der Waals surface area (Å²) in [6.45, 7) is 2.36. The standard InChI is InChI=1S/C13H14FN3OS/c1-9(8-17-6-2-5-15-17)16-13(18)11-7-10(19)3-4-12(11)14/h2-7,9,19H,8H2,1H3,(H,16,18). The Morgan fingerprint density at radius 3 is 3.05 bits per heavy atom. The number of halogens is 1. The minimum Gasteiger partial charge on any atom is -0.348 e. The number of nitrogens with zero attached hydrogens (tertiary/aromatic N) is 2. The maximum atomic E-state index is 13.5. The lowest BCUT2D eigenvalue weighted by molar-refractivity contribution is 0.0931. The number of hydrogen-bond donors (Lipinski definition) is 2. The Hall–Kier alpha value is -1.82. The Morgan fingerprint density at radius 1 is 1.58 bits per heavy atom. The summed E-state index contributed by atoms with van der Waals surface area (Å²) < 4.78 is 15.2. The van der Waals surface area contributed by atoms with E-state index in [0.717, 1.165) is 0 Å². The van der Waals surface area contributed by atoms with Crippen LogP contribution in [0.1, 0.15) is 17.3 Å². The van der Waals surface area contributed by atoms with Crippen molar-refractivity contribution in [1.82, 2.24) is 15.1 Å². The summed E-state index contributed by atoms with van der Waals surface area (Å²) in [5.74, 6) is -1.00. The molecule has 0 saturated carbocycles. The van der Waals surface area contributed by atoms with Gasteiger partial charge in [0.1, 0.15) is 5.82 Å². The topological polar surface area (TPSA) is 46.9 Å². The molecule has 1 amide bonds. The number of carbonyl (C=O) groups is 1. The van der Waals surface area contributed by atoms with Crippen LogP contribution in [0.3, 0.4) is 0 Å². The third kappa shape index (κ3) is 3.57. The summed E-state index contributed by atoms with van der Waals surface area (Å²) in [6.07, 6.45) is 3.47. The number of thiol groups is 1. The van der Waals surface area contributed by atoms with E-state index in [1.54, 1.807) is 23.1 Å². The third-order valence-electron chi connectivity index (χ3n) is 2.59. The molecule has 1 atom stereocenters. The highest BCUT2D eigenvalue weighted by molar-refractivity contribution is 7.80. The van der Waals surface area contributed by atoms with Crippen molar-refractivity contribution >= 4 is 18.5 Å². The zero-order valence-electron chi connectivity index (χ0n) is 10.4. The number of rotatable bonds is 4. The van der Waals surface area contributed by atoms with Gasteiger partial charge in [-0.3, -0.25) is 9.48 Å². The molecule has 1 unspecified atom stereocenters. The van der Waals surface area contributed by atoms with E-state index < -0.39 is 11.7 Å². The largest absolute Gasteiger partial charge is 0.348 e. The Morgan fingerprint density at radius 2 is 2.37 bits per heavy atom. The molecule has 0 spiro atoms. The summed E-state index contributed by atoms with van der Waals surface area (Å²) in [4.78, 5) is 12.5. The Kier molecular flexibility index (Phi) is 4.21. The van der Waals surface area contributed by atoms with Crippen molar-refractivity contribution in [3.63, 3.8) is 0 Å². The molecular formula is C13H14FN3OS. The molecule has 0 fully saturated rings. The Bertz CT molecular complexity index is 571. The summed E-state index contributed by atoms with van der Waals surface area (Å²) >= 11 is 4.10. The fourth-order valence-electron chi connectivity index (χ4n) is 1.72. The quantitative estimate of drug-likeness (QED) is 0.842. The molecule has 6 heteroatoms. The van der Waals surface area contributed by atoms with E-state index in [1.807, 2.05) is 6.92 Å². The van der Waals surface area contributed by atoms with Gasteiger partial charge in [-0.2, -0.15) is 5.10 Å². The molecule has 2 aromatic rings. The fraction of sp³-hybridized carbons (Fsp3) is 0.231. The van der Waals surface area contributed by atoms with Gasteiger partial charge in [-0.25, -0.2) is 4.39 Å². The maximum absolute atomic E-state index is 13.5. The first-order valence-electron chi connectivity index (χ1n) is 5.83. The predicted molar refractivity (Wildman–Crippen MR) is 72.8 cm³/mol. The van der Waals surface area contributed by atoms with Crippen LogP contribution in [-0.4, -0.2) is 21.7 Å². The van der Waals surface area contributed by atoms with Crippen molar-refractivity contribution in [2.75, 3.05) is 0 Å². The molecule has 4 nitrogen and oxygen atoms in total. The molecule has 0 bridgehead atoms. The monoisotopic (exact) mass is 279 g/mol. The van der Waals surface area contributed by atoms with Crippen molar-refractivity contribution in [3.8, 4) is 0 Å². The smallest absolute Gasteiger partial charge is 0.254 e. The molecule has 19 heavy (non-hydrogen) atoms. The average Bonchev–Trinajstić information content (AvgIpc) is 2.84. The van der Waals surface area contributed by atoms with Crippen molar-refractivity contribution in [2.24, 2.45) is 0 Å². The van der Waals surface area contributed by atoms with E-state index in [1.165, 1.54) is 18.2 Å². The van der Waals surface area contributed by atoms with Gasteiger partial charge in [0.25, 0.3) is 5.91 Å². The van der Waals surface area contributed by atoms with E-state index >= 15 is 0 Å². The van der Waals surface area contributed by atoms with Crippen LogP contribution >= 0.6 is 12.6 Å². The molecule has 1 aromatic carbocycles. The lowest BCUT2D eigenvalue weighted by Gasteiger charge is -2.14. The highest BCUT2D eigenvalue weighted by atomic mass is 32.1. The van der Waals surface area contributed by atoms with Crippen molar-refractivity contribution in [2.45, 2.75) is 24.4 Å². The molecule has 1 aromatic heterocycles. The van der Waals surface area contributed by atoms with Crippen LogP contribution in [0.5, 0.6) is 0 Å². The van der Waals surface area contributed by atoms with E-state index in [2.05, 4.69) is 23.0 Å². The minimum atomic E-state index is -0.554. The highest BCUT2D eigenvalue weighted by Gasteiger charge is 2.14. The summed E-state index contributed by atoms with van der Waals surface area (Å²) in [5.41, 5.74) is -0.000171. The maximum Gasteiger partial charge on any atom is 0.254 e. The number of nitrogens with one attached hydrogen (secondary N) is 1. The Labute approximate surface area is 116 Å². The molecular weight excluding hydrogens is 265 g/mol. The first-order valence-corrected chi connectivity index (χ1v) is 6.28. The molecule has 0 radical (unpaired) electrons. The highest BCUT2D eigenvalue weighted by Crippen LogP contribution is 2.13. The number of hydrogen-bond acceptors (Lipinski definition) is 3. The zero-order chi connectivity index (χ0) is 13.8. The SMILES string of the molecule is CC(Cn1cccn1)NC(=O)c1cc(S)ccc1F. The molecule has 1 N–H and O–H groups in total. The van der Waals surface area contributed by atoms with Gasteiger partial charge in [-0.15, -0.1) is 12.6 Å². The zero-order valence-corrected chi connectivity index (χ0v) is 11.3. The van der Waals surface area contributed by atoms with Crippen LogP contribution in [0.25, 0.3) is 0 Å². The molecule has 2 rings (SSSR count).